The molecule has 0 aliphatic rings. The molecule has 0 aromatic heterocycles. The van der Waals surface area contributed by atoms with Gasteiger partial charge in [-0.25, -0.2) is 0 Å². The van der Waals surface area contributed by atoms with Crippen LogP contribution in [0.15, 0.2) is 18.2 Å². The number of carbonyl (C=O) groups excluding carboxylic acids is 1. The molecule has 0 spiro atoms. The van der Waals surface area contributed by atoms with Crippen molar-refractivity contribution in [3.8, 4) is 0 Å². The molecule has 3 heteroatoms. The van der Waals surface area contributed by atoms with Gasteiger partial charge in [0.05, 0.1) is 6.42 Å². The molecule has 0 radical (unpaired) electrons. The molecule has 0 fully saturated rings. The average molecular weight is 220 g/mol. The number of benzene rings is 1. The zero-order valence-electron chi connectivity index (χ0n) is 9.78. The van der Waals surface area contributed by atoms with Crippen LogP contribution in [0, 0.1) is 19.8 Å². The SMILES string of the molecule is Cc1cc(C)cc(C(=O)C(C)CC(=O)O)c1. The van der Waals surface area contributed by atoms with Gasteiger partial charge in [0, 0.05) is 11.5 Å². The predicted molar refractivity (Wildman–Crippen MR) is 61.7 cm³/mol. The molecule has 0 heterocycles. The molecule has 0 saturated heterocycles. The summed E-state index contributed by atoms with van der Waals surface area (Å²) in [6.07, 6.45) is -0.119. The molecule has 0 aliphatic heterocycles. The number of carboxylic acid groups (broad SMARTS) is 1. The number of Topliss-reactive ketones (excluding diaryl/α,β-unsaturated/α-hetero) is 1. The molecule has 1 atom stereocenters. The van der Waals surface area contributed by atoms with Crippen LogP contribution in [0.4, 0.5) is 0 Å². The highest BCUT2D eigenvalue weighted by Gasteiger charge is 2.18. The second-order valence-electron chi connectivity index (χ2n) is 4.24. The molecule has 3 nitrogen and oxygen atoms in total. The molecule has 1 N–H and O–H groups in total. The zero-order valence-corrected chi connectivity index (χ0v) is 9.78. The van der Waals surface area contributed by atoms with Gasteiger partial charge in [-0.1, -0.05) is 24.1 Å². The van der Waals surface area contributed by atoms with Gasteiger partial charge < -0.3 is 5.11 Å². The maximum Gasteiger partial charge on any atom is 0.304 e. The number of hydrogen-bond donors (Lipinski definition) is 1. The minimum absolute atomic E-state index is 0.103. The Labute approximate surface area is 95.1 Å². The first kappa shape index (κ1) is 12.4. The quantitative estimate of drug-likeness (QED) is 0.793. The summed E-state index contributed by atoms with van der Waals surface area (Å²) in [6.45, 7) is 5.49. The highest BCUT2D eigenvalue weighted by molar-refractivity contribution is 5.99. The van der Waals surface area contributed by atoms with E-state index in [0.717, 1.165) is 11.1 Å². The van der Waals surface area contributed by atoms with Crippen LogP contribution in [-0.4, -0.2) is 16.9 Å². The highest BCUT2D eigenvalue weighted by atomic mass is 16.4. The molecule has 0 aliphatic carbocycles. The lowest BCUT2D eigenvalue weighted by Crippen LogP contribution is -2.15. The Hall–Kier alpha value is -1.64. The first-order valence-electron chi connectivity index (χ1n) is 5.24. The molecule has 86 valence electrons. The maximum atomic E-state index is 11.9. The fraction of sp³-hybridized carbons (Fsp3) is 0.385. The topological polar surface area (TPSA) is 54.4 Å². The van der Waals surface area contributed by atoms with Crippen LogP contribution in [0.1, 0.15) is 34.8 Å². The maximum absolute atomic E-state index is 11.9. The first-order chi connectivity index (χ1) is 7.40. The molecule has 1 rings (SSSR count). The summed E-state index contributed by atoms with van der Waals surface area (Å²) in [5, 5.41) is 8.64. The van der Waals surface area contributed by atoms with Crippen molar-refractivity contribution in [1.82, 2.24) is 0 Å². The largest absolute Gasteiger partial charge is 0.481 e. The van der Waals surface area contributed by atoms with Crippen LogP contribution in [0.2, 0.25) is 0 Å². The lowest BCUT2D eigenvalue weighted by molar-refractivity contribution is -0.137. The zero-order chi connectivity index (χ0) is 12.3. The number of hydrogen-bond acceptors (Lipinski definition) is 2. The second kappa shape index (κ2) is 4.92. The van der Waals surface area contributed by atoms with E-state index in [1.54, 1.807) is 19.1 Å². The van der Waals surface area contributed by atoms with Crippen molar-refractivity contribution in [2.24, 2.45) is 5.92 Å². The van der Waals surface area contributed by atoms with Gasteiger partial charge >= 0.3 is 5.97 Å². The number of carbonyl (C=O) groups is 2. The van der Waals surface area contributed by atoms with E-state index in [1.807, 2.05) is 19.9 Å². The minimum Gasteiger partial charge on any atom is -0.481 e. The van der Waals surface area contributed by atoms with E-state index in [-0.39, 0.29) is 12.2 Å². The Kier molecular flexibility index (Phi) is 3.82. The standard InChI is InChI=1S/C13H16O3/c1-8-4-9(2)6-11(5-8)13(16)10(3)7-12(14)15/h4-6,10H,7H2,1-3H3,(H,14,15). The van der Waals surface area contributed by atoms with Crippen LogP contribution in [0.3, 0.4) is 0 Å². The van der Waals surface area contributed by atoms with Gasteiger partial charge in [0.25, 0.3) is 0 Å². The van der Waals surface area contributed by atoms with Gasteiger partial charge in [-0.15, -0.1) is 0 Å². The fourth-order valence-corrected chi connectivity index (χ4v) is 1.76. The molecule has 0 saturated carbocycles. The van der Waals surface area contributed by atoms with E-state index in [9.17, 15) is 9.59 Å². The summed E-state index contributed by atoms with van der Waals surface area (Å²) in [4.78, 5) is 22.4. The molecule has 1 unspecified atom stereocenters. The van der Waals surface area contributed by atoms with Crippen LogP contribution in [0.5, 0.6) is 0 Å². The van der Waals surface area contributed by atoms with Crippen molar-refractivity contribution in [3.05, 3.63) is 34.9 Å². The number of carboxylic acids is 1. The lowest BCUT2D eigenvalue weighted by Gasteiger charge is -2.09. The predicted octanol–water partition coefficient (Wildman–Crippen LogP) is 2.60. The fourth-order valence-electron chi connectivity index (χ4n) is 1.76. The van der Waals surface area contributed by atoms with Crippen molar-refractivity contribution < 1.29 is 14.7 Å². The lowest BCUT2D eigenvalue weighted by atomic mass is 9.94. The Morgan fingerprint density at radius 3 is 2.12 bits per heavy atom. The van der Waals surface area contributed by atoms with E-state index in [0.29, 0.717) is 5.56 Å². The molecule has 0 amide bonds. The van der Waals surface area contributed by atoms with Crippen LogP contribution >= 0.6 is 0 Å². The summed E-state index contributed by atoms with van der Waals surface area (Å²) in [6, 6.07) is 5.58. The first-order valence-corrected chi connectivity index (χ1v) is 5.24. The molecule has 0 bridgehead atoms. The van der Waals surface area contributed by atoms with Crippen LogP contribution in [-0.2, 0) is 4.79 Å². The van der Waals surface area contributed by atoms with Crippen molar-refractivity contribution in [2.75, 3.05) is 0 Å². The summed E-state index contributed by atoms with van der Waals surface area (Å²) < 4.78 is 0. The average Bonchev–Trinajstić information content (AvgIpc) is 2.13. The summed E-state index contributed by atoms with van der Waals surface area (Å²) in [7, 11) is 0. The Balaban J connectivity index is 2.91. The van der Waals surface area contributed by atoms with Crippen LogP contribution in [0.25, 0.3) is 0 Å². The third-order valence-corrected chi connectivity index (χ3v) is 2.43. The van der Waals surface area contributed by atoms with E-state index >= 15 is 0 Å². The van der Waals surface area contributed by atoms with E-state index < -0.39 is 11.9 Å². The number of ketones is 1. The third kappa shape index (κ3) is 3.19. The summed E-state index contributed by atoms with van der Waals surface area (Å²) in [5.41, 5.74) is 2.64. The van der Waals surface area contributed by atoms with Gasteiger partial charge in [-0.05, 0) is 26.0 Å². The number of aryl methyl sites for hydroxylation is 2. The molecular formula is C13H16O3. The van der Waals surface area contributed by atoms with Gasteiger partial charge in [0.1, 0.15) is 0 Å². The van der Waals surface area contributed by atoms with E-state index in [1.165, 1.54) is 0 Å². The molecule has 1 aromatic carbocycles. The van der Waals surface area contributed by atoms with Crippen molar-refractivity contribution in [1.29, 1.82) is 0 Å². The number of aliphatic carboxylic acids is 1. The molecule has 1 aromatic rings. The van der Waals surface area contributed by atoms with Gasteiger partial charge in [0.2, 0.25) is 0 Å². The van der Waals surface area contributed by atoms with E-state index in [2.05, 4.69) is 0 Å². The normalized spacial score (nSPS) is 12.2. The monoisotopic (exact) mass is 220 g/mol. The van der Waals surface area contributed by atoms with Gasteiger partial charge in [-0.3, -0.25) is 9.59 Å². The van der Waals surface area contributed by atoms with E-state index in [4.69, 9.17) is 5.11 Å². The Bertz CT molecular complexity index is 401. The van der Waals surface area contributed by atoms with Crippen molar-refractivity contribution in [2.45, 2.75) is 27.2 Å². The second-order valence-corrected chi connectivity index (χ2v) is 4.24. The smallest absolute Gasteiger partial charge is 0.304 e. The van der Waals surface area contributed by atoms with Crippen molar-refractivity contribution in [3.63, 3.8) is 0 Å². The molecule has 16 heavy (non-hydrogen) atoms. The van der Waals surface area contributed by atoms with Gasteiger partial charge in [0.15, 0.2) is 5.78 Å². The minimum atomic E-state index is -0.940. The van der Waals surface area contributed by atoms with Crippen LogP contribution < -0.4 is 0 Å². The number of rotatable bonds is 4. The highest BCUT2D eigenvalue weighted by Crippen LogP contribution is 2.15. The molecular weight excluding hydrogens is 204 g/mol. The summed E-state index contributed by atoms with van der Waals surface area (Å²) in [5.74, 6) is -1.52. The summed E-state index contributed by atoms with van der Waals surface area (Å²) >= 11 is 0. The Morgan fingerprint density at radius 1 is 1.19 bits per heavy atom. The third-order valence-electron chi connectivity index (χ3n) is 2.43. The Morgan fingerprint density at radius 2 is 1.69 bits per heavy atom. The van der Waals surface area contributed by atoms with Gasteiger partial charge in [-0.2, -0.15) is 0 Å². The van der Waals surface area contributed by atoms with Crippen molar-refractivity contribution >= 4 is 11.8 Å².